The summed E-state index contributed by atoms with van der Waals surface area (Å²) in [6.45, 7) is 4.58. The standard InChI is InChI=1S/C24H22FN3OS2/c1-16(2)30-19-11-9-17(10-12-19)14-22(29)28(15-18-6-3-4-13-26-18)24-27-23-20(25)7-5-8-21(23)31-24/h3-13,16H,14-15H2,1-2H3. The van der Waals surface area contributed by atoms with Gasteiger partial charge in [0.2, 0.25) is 5.91 Å². The van der Waals surface area contributed by atoms with Crippen LogP contribution in [0.2, 0.25) is 0 Å². The molecular weight excluding hydrogens is 429 g/mol. The second-order valence-electron chi connectivity index (χ2n) is 7.37. The fourth-order valence-corrected chi connectivity index (χ4v) is 5.00. The maximum Gasteiger partial charge on any atom is 0.233 e. The summed E-state index contributed by atoms with van der Waals surface area (Å²) >= 11 is 3.10. The average molecular weight is 452 g/mol. The van der Waals surface area contributed by atoms with E-state index in [1.165, 1.54) is 22.3 Å². The van der Waals surface area contributed by atoms with Gasteiger partial charge in [-0.2, -0.15) is 0 Å². The quantitative estimate of drug-likeness (QED) is 0.318. The summed E-state index contributed by atoms with van der Waals surface area (Å²) < 4.78 is 14.9. The first-order valence-electron chi connectivity index (χ1n) is 10.0. The minimum Gasteiger partial charge on any atom is -0.282 e. The number of pyridine rings is 1. The highest BCUT2D eigenvalue weighted by molar-refractivity contribution is 7.99. The van der Waals surface area contributed by atoms with Gasteiger partial charge in [-0.15, -0.1) is 11.8 Å². The maximum absolute atomic E-state index is 14.2. The molecule has 0 saturated heterocycles. The molecule has 2 aromatic carbocycles. The summed E-state index contributed by atoms with van der Waals surface area (Å²) in [5.74, 6) is -0.488. The van der Waals surface area contributed by atoms with Crippen molar-refractivity contribution in [1.29, 1.82) is 0 Å². The van der Waals surface area contributed by atoms with Crippen molar-refractivity contribution in [2.45, 2.75) is 37.0 Å². The van der Waals surface area contributed by atoms with Crippen LogP contribution in [0, 0.1) is 5.82 Å². The Morgan fingerprint density at radius 2 is 1.90 bits per heavy atom. The molecule has 0 radical (unpaired) electrons. The first-order chi connectivity index (χ1) is 15.0. The van der Waals surface area contributed by atoms with Gasteiger partial charge in [0.1, 0.15) is 11.3 Å². The van der Waals surface area contributed by atoms with E-state index in [9.17, 15) is 9.18 Å². The summed E-state index contributed by atoms with van der Waals surface area (Å²) in [6.07, 6.45) is 1.93. The number of fused-ring (bicyclic) bond motifs is 1. The minimum atomic E-state index is -0.386. The van der Waals surface area contributed by atoms with Crippen LogP contribution in [0.25, 0.3) is 10.2 Å². The number of hydrogen-bond acceptors (Lipinski definition) is 5. The number of amides is 1. The minimum absolute atomic E-state index is 0.102. The topological polar surface area (TPSA) is 46.1 Å². The van der Waals surface area contributed by atoms with Gasteiger partial charge in [0.15, 0.2) is 5.13 Å². The van der Waals surface area contributed by atoms with E-state index in [1.807, 2.05) is 48.5 Å². The van der Waals surface area contributed by atoms with Gasteiger partial charge < -0.3 is 0 Å². The third-order valence-electron chi connectivity index (χ3n) is 4.59. The molecule has 2 heterocycles. The Bertz CT molecular complexity index is 1180. The highest BCUT2D eigenvalue weighted by Crippen LogP contribution is 2.31. The van der Waals surface area contributed by atoms with Crippen LogP contribution in [0.1, 0.15) is 25.1 Å². The van der Waals surface area contributed by atoms with Crippen molar-refractivity contribution in [2.24, 2.45) is 0 Å². The summed E-state index contributed by atoms with van der Waals surface area (Å²) in [6, 6.07) is 18.5. The van der Waals surface area contributed by atoms with Crippen LogP contribution < -0.4 is 4.90 Å². The number of para-hydroxylation sites is 1. The molecule has 0 spiro atoms. The third kappa shape index (κ3) is 5.29. The molecule has 1 amide bonds. The lowest BCUT2D eigenvalue weighted by atomic mass is 10.1. The molecule has 4 rings (SSSR count). The molecule has 0 aliphatic carbocycles. The monoisotopic (exact) mass is 451 g/mol. The van der Waals surface area contributed by atoms with Gasteiger partial charge in [0.05, 0.1) is 23.4 Å². The van der Waals surface area contributed by atoms with Gasteiger partial charge in [-0.3, -0.25) is 14.7 Å². The molecule has 0 aliphatic rings. The zero-order valence-electron chi connectivity index (χ0n) is 17.3. The highest BCUT2D eigenvalue weighted by atomic mass is 32.2. The SMILES string of the molecule is CC(C)Sc1ccc(CC(=O)N(Cc2ccccn2)c2nc3c(F)cccc3s2)cc1. The van der Waals surface area contributed by atoms with E-state index in [0.717, 1.165) is 11.3 Å². The van der Waals surface area contributed by atoms with E-state index in [1.54, 1.807) is 28.9 Å². The zero-order chi connectivity index (χ0) is 21.8. The first-order valence-corrected chi connectivity index (χ1v) is 11.7. The number of anilines is 1. The molecule has 158 valence electrons. The third-order valence-corrected chi connectivity index (χ3v) is 6.65. The highest BCUT2D eigenvalue weighted by Gasteiger charge is 2.22. The van der Waals surface area contributed by atoms with E-state index in [4.69, 9.17) is 0 Å². The Morgan fingerprint density at radius 3 is 2.58 bits per heavy atom. The Balaban J connectivity index is 1.61. The van der Waals surface area contributed by atoms with Crippen molar-refractivity contribution < 1.29 is 9.18 Å². The fraction of sp³-hybridized carbons (Fsp3) is 0.208. The van der Waals surface area contributed by atoms with Crippen LogP contribution in [0.5, 0.6) is 0 Å². The van der Waals surface area contributed by atoms with Gasteiger partial charge >= 0.3 is 0 Å². The van der Waals surface area contributed by atoms with Crippen molar-refractivity contribution in [3.05, 3.63) is 83.9 Å². The molecule has 4 aromatic rings. The summed E-state index contributed by atoms with van der Waals surface area (Å²) in [5, 5.41) is 0.975. The molecule has 7 heteroatoms. The van der Waals surface area contributed by atoms with E-state index in [0.29, 0.717) is 15.1 Å². The van der Waals surface area contributed by atoms with E-state index < -0.39 is 0 Å². The summed E-state index contributed by atoms with van der Waals surface area (Å²) in [5.41, 5.74) is 1.96. The predicted molar refractivity (Wildman–Crippen MR) is 126 cm³/mol. The second kappa shape index (κ2) is 9.58. The number of hydrogen-bond donors (Lipinski definition) is 0. The normalized spacial score (nSPS) is 11.2. The average Bonchev–Trinajstić information content (AvgIpc) is 3.19. The molecule has 0 N–H and O–H groups in total. The van der Waals surface area contributed by atoms with Crippen LogP contribution in [0.4, 0.5) is 9.52 Å². The number of aromatic nitrogens is 2. The van der Waals surface area contributed by atoms with Gasteiger partial charge in [0, 0.05) is 16.3 Å². The van der Waals surface area contributed by atoms with Gasteiger partial charge in [0.25, 0.3) is 0 Å². The van der Waals surface area contributed by atoms with Crippen molar-refractivity contribution in [3.63, 3.8) is 0 Å². The van der Waals surface area contributed by atoms with Crippen LogP contribution >= 0.6 is 23.1 Å². The second-order valence-corrected chi connectivity index (χ2v) is 10.0. The zero-order valence-corrected chi connectivity index (χ0v) is 18.9. The molecule has 0 bridgehead atoms. The molecule has 0 atom stereocenters. The van der Waals surface area contributed by atoms with Gasteiger partial charge in [-0.05, 0) is 42.0 Å². The number of carbonyl (C=O) groups excluding carboxylic acids is 1. The molecule has 31 heavy (non-hydrogen) atoms. The molecule has 4 nitrogen and oxygen atoms in total. The lowest BCUT2D eigenvalue weighted by molar-refractivity contribution is -0.118. The van der Waals surface area contributed by atoms with Crippen molar-refractivity contribution in [3.8, 4) is 0 Å². The first kappa shape index (κ1) is 21.5. The van der Waals surface area contributed by atoms with Crippen LogP contribution in [-0.4, -0.2) is 21.1 Å². The number of nitrogens with zero attached hydrogens (tertiary/aromatic N) is 3. The summed E-state index contributed by atoms with van der Waals surface area (Å²) in [4.78, 5) is 24.9. The smallest absolute Gasteiger partial charge is 0.233 e. The van der Waals surface area contributed by atoms with E-state index in [-0.39, 0.29) is 30.2 Å². The number of carbonyl (C=O) groups is 1. The van der Waals surface area contributed by atoms with E-state index in [2.05, 4.69) is 23.8 Å². The van der Waals surface area contributed by atoms with Gasteiger partial charge in [-0.1, -0.05) is 49.4 Å². The molecule has 2 aromatic heterocycles. The fourth-order valence-electron chi connectivity index (χ4n) is 3.16. The van der Waals surface area contributed by atoms with Crippen molar-refractivity contribution in [1.82, 2.24) is 9.97 Å². The molecule has 0 fully saturated rings. The Kier molecular flexibility index (Phi) is 6.63. The molecule has 0 aliphatic heterocycles. The Hall–Kier alpha value is -2.77. The maximum atomic E-state index is 14.2. The van der Waals surface area contributed by atoms with Crippen molar-refractivity contribution >= 4 is 44.4 Å². The largest absolute Gasteiger partial charge is 0.282 e. The van der Waals surface area contributed by atoms with Crippen LogP contribution in [0.3, 0.4) is 0 Å². The molecule has 0 unspecified atom stereocenters. The predicted octanol–water partition coefficient (Wildman–Crippen LogP) is 6.11. The molecular formula is C24H22FN3OS2. The van der Waals surface area contributed by atoms with Gasteiger partial charge in [-0.25, -0.2) is 9.37 Å². The van der Waals surface area contributed by atoms with E-state index >= 15 is 0 Å². The number of thioether (sulfide) groups is 1. The lowest BCUT2D eigenvalue weighted by Crippen LogP contribution is -2.32. The van der Waals surface area contributed by atoms with Crippen LogP contribution in [0.15, 0.2) is 71.8 Å². The number of thiazole rings is 1. The Morgan fingerprint density at radius 1 is 1.10 bits per heavy atom. The summed E-state index contributed by atoms with van der Waals surface area (Å²) in [7, 11) is 0. The number of halogens is 1. The Labute approximate surface area is 189 Å². The lowest BCUT2D eigenvalue weighted by Gasteiger charge is -2.19. The van der Waals surface area contributed by atoms with Crippen LogP contribution in [-0.2, 0) is 17.8 Å². The molecule has 0 saturated carbocycles. The number of rotatable bonds is 7. The number of benzene rings is 2. The van der Waals surface area contributed by atoms with Crippen molar-refractivity contribution in [2.75, 3.05) is 4.90 Å².